The third kappa shape index (κ3) is 38.5. The Hall–Kier alpha value is -1.25. The molecule has 0 aromatic heterocycles. The van der Waals surface area contributed by atoms with Crippen molar-refractivity contribution in [1.29, 1.82) is 0 Å². The van der Waals surface area contributed by atoms with Crippen LogP contribution in [0.3, 0.4) is 0 Å². The molecule has 0 aromatic carbocycles. The zero-order valence-electron chi connectivity index (χ0n) is 34.5. The summed E-state index contributed by atoms with van der Waals surface area (Å²) in [6.45, 7) is 4.22. The van der Waals surface area contributed by atoms with Crippen molar-refractivity contribution in [3.63, 3.8) is 0 Å². The molecule has 0 aromatic rings. The molecule has 10 heteroatoms. The Morgan fingerprint density at radius 1 is 0.577 bits per heavy atom. The number of esters is 2. The van der Waals surface area contributed by atoms with Gasteiger partial charge in [-0.2, -0.15) is 0 Å². The molecule has 0 bridgehead atoms. The lowest BCUT2D eigenvalue weighted by atomic mass is 10.0. The zero-order chi connectivity index (χ0) is 38.6. The van der Waals surface area contributed by atoms with E-state index in [0.29, 0.717) is 17.4 Å². The molecule has 52 heavy (non-hydrogen) atoms. The summed E-state index contributed by atoms with van der Waals surface area (Å²) in [5.41, 5.74) is 0. The maximum Gasteiger partial charge on any atom is 0.306 e. The summed E-state index contributed by atoms with van der Waals surface area (Å²) in [5, 5.41) is 0. The SMILES string of the molecule is CCCCCCCCC/C=C/CCCCCCC(=O)OC[C@H](COP(=O)([O-])OCC[N+](C)(C)C)OC(=O)CCCCCCCCCCCCCCC. The van der Waals surface area contributed by atoms with Crippen molar-refractivity contribution in [3.8, 4) is 0 Å². The number of likely N-dealkylation sites (N-methyl/N-ethyl adjacent to an activating group) is 1. The van der Waals surface area contributed by atoms with Crippen LogP contribution in [0.2, 0.25) is 0 Å². The Kier molecular flexibility index (Phi) is 34.6. The quantitative estimate of drug-likeness (QED) is 0.0200. The molecule has 0 saturated carbocycles. The van der Waals surface area contributed by atoms with Crippen LogP contribution in [0.25, 0.3) is 0 Å². The van der Waals surface area contributed by atoms with E-state index < -0.39 is 32.5 Å². The summed E-state index contributed by atoms with van der Waals surface area (Å²) in [6.07, 6.45) is 35.2. The van der Waals surface area contributed by atoms with E-state index in [4.69, 9.17) is 18.5 Å². The van der Waals surface area contributed by atoms with Crippen molar-refractivity contribution in [3.05, 3.63) is 12.2 Å². The molecule has 0 rings (SSSR count). The number of unbranched alkanes of at least 4 members (excludes halogenated alkanes) is 23. The van der Waals surface area contributed by atoms with Crippen LogP contribution in [-0.4, -0.2) is 70.0 Å². The summed E-state index contributed by atoms with van der Waals surface area (Å²) in [7, 11) is 1.17. The van der Waals surface area contributed by atoms with Gasteiger partial charge in [-0.1, -0.05) is 154 Å². The van der Waals surface area contributed by atoms with Gasteiger partial charge in [-0.25, -0.2) is 0 Å². The first-order chi connectivity index (χ1) is 25.0. The fourth-order valence-electron chi connectivity index (χ4n) is 5.88. The van der Waals surface area contributed by atoms with Crippen LogP contribution in [0.4, 0.5) is 0 Å². The average Bonchev–Trinajstić information content (AvgIpc) is 3.09. The lowest BCUT2D eigenvalue weighted by molar-refractivity contribution is -0.870. The maximum absolute atomic E-state index is 12.6. The Balaban J connectivity index is 4.37. The summed E-state index contributed by atoms with van der Waals surface area (Å²) in [4.78, 5) is 37.4. The number of phosphoric ester groups is 1. The van der Waals surface area contributed by atoms with E-state index in [9.17, 15) is 19.0 Å². The second-order valence-corrected chi connectivity index (χ2v) is 17.1. The number of nitrogens with zero attached hydrogens (tertiary/aromatic N) is 1. The molecular weight excluding hydrogens is 677 g/mol. The molecule has 0 aliphatic rings. The van der Waals surface area contributed by atoms with Gasteiger partial charge in [-0.3, -0.25) is 14.2 Å². The monoisotopic (exact) mass is 760 g/mol. The van der Waals surface area contributed by atoms with Crippen LogP contribution in [0, 0.1) is 0 Å². The first-order valence-electron chi connectivity index (χ1n) is 21.4. The number of hydrogen-bond donors (Lipinski definition) is 0. The van der Waals surface area contributed by atoms with Gasteiger partial charge >= 0.3 is 11.9 Å². The van der Waals surface area contributed by atoms with Gasteiger partial charge in [0.15, 0.2) is 6.10 Å². The van der Waals surface area contributed by atoms with E-state index in [-0.39, 0.29) is 26.1 Å². The summed E-state index contributed by atoms with van der Waals surface area (Å²) in [5.74, 6) is -0.840. The first kappa shape index (κ1) is 50.8. The summed E-state index contributed by atoms with van der Waals surface area (Å²) in [6, 6.07) is 0. The molecule has 0 spiro atoms. The molecule has 9 nitrogen and oxygen atoms in total. The zero-order valence-corrected chi connectivity index (χ0v) is 35.4. The van der Waals surface area contributed by atoms with Gasteiger partial charge in [0.1, 0.15) is 19.8 Å². The highest BCUT2D eigenvalue weighted by molar-refractivity contribution is 7.45. The molecule has 0 radical (unpaired) electrons. The highest BCUT2D eigenvalue weighted by Gasteiger charge is 2.21. The molecule has 0 saturated heterocycles. The van der Waals surface area contributed by atoms with E-state index >= 15 is 0 Å². The van der Waals surface area contributed by atoms with Gasteiger partial charge in [0.25, 0.3) is 7.82 Å². The Labute approximate surface area is 320 Å². The number of rotatable bonds is 39. The van der Waals surface area contributed by atoms with Crippen LogP contribution in [0.5, 0.6) is 0 Å². The number of allylic oxidation sites excluding steroid dienone is 2. The van der Waals surface area contributed by atoms with Gasteiger partial charge < -0.3 is 27.9 Å². The lowest BCUT2D eigenvalue weighted by Gasteiger charge is -2.28. The van der Waals surface area contributed by atoms with Gasteiger partial charge in [0.2, 0.25) is 0 Å². The first-order valence-corrected chi connectivity index (χ1v) is 22.9. The number of carbonyl (C=O) groups excluding carboxylic acids is 2. The van der Waals surface area contributed by atoms with E-state index in [1.807, 2.05) is 21.1 Å². The highest BCUT2D eigenvalue weighted by atomic mass is 31.2. The highest BCUT2D eigenvalue weighted by Crippen LogP contribution is 2.38. The predicted octanol–water partition coefficient (Wildman–Crippen LogP) is 11.2. The minimum absolute atomic E-state index is 0.0295. The molecule has 0 aliphatic heterocycles. The molecule has 308 valence electrons. The van der Waals surface area contributed by atoms with Crippen LogP contribution in [0.15, 0.2) is 12.2 Å². The summed E-state index contributed by atoms with van der Waals surface area (Å²) < 4.78 is 33.8. The van der Waals surface area contributed by atoms with E-state index in [1.54, 1.807) is 0 Å². The smallest absolute Gasteiger partial charge is 0.306 e. The minimum atomic E-state index is -4.62. The maximum atomic E-state index is 12.6. The molecular formula is C42H82NO8P. The fraction of sp³-hybridized carbons (Fsp3) is 0.905. The number of carbonyl (C=O) groups is 2. The van der Waals surface area contributed by atoms with Crippen molar-refractivity contribution in [2.24, 2.45) is 0 Å². The number of ether oxygens (including phenoxy) is 2. The molecule has 0 fully saturated rings. The van der Waals surface area contributed by atoms with Gasteiger partial charge in [-0.15, -0.1) is 0 Å². The van der Waals surface area contributed by atoms with Crippen molar-refractivity contribution < 1.29 is 42.1 Å². The van der Waals surface area contributed by atoms with Gasteiger partial charge in [-0.05, 0) is 38.5 Å². The molecule has 1 unspecified atom stereocenters. The van der Waals surface area contributed by atoms with Gasteiger partial charge in [0, 0.05) is 12.8 Å². The molecule has 2 atom stereocenters. The average molecular weight is 760 g/mol. The van der Waals surface area contributed by atoms with E-state index in [0.717, 1.165) is 51.4 Å². The lowest BCUT2D eigenvalue weighted by Crippen LogP contribution is -2.37. The van der Waals surface area contributed by atoms with Crippen LogP contribution < -0.4 is 4.89 Å². The molecule has 0 aliphatic carbocycles. The molecule has 0 amide bonds. The van der Waals surface area contributed by atoms with Crippen molar-refractivity contribution in [2.45, 2.75) is 200 Å². The largest absolute Gasteiger partial charge is 0.756 e. The second-order valence-electron chi connectivity index (χ2n) is 15.7. The number of hydrogen-bond acceptors (Lipinski definition) is 8. The number of phosphoric acid groups is 1. The van der Waals surface area contributed by atoms with Crippen LogP contribution in [0.1, 0.15) is 194 Å². The minimum Gasteiger partial charge on any atom is -0.756 e. The van der Waals surface area contributed by atoms with E-state index in [1.165, 1.54) is 109 Å². The molecule has 0 N–H and O–H groups in total. The fourth-order valence-corrected chi connectivity index (χ4v) is 6.61. The third-order valence-electron chi connectivity index (χ3n) is 9.29. The van der Waals surface area contributed by atoms with Crippen molar-refractivity contribution in [1.82, 2.24) is 0 Å². The van der Waals surface area contributed by atoms with Gasteiger partial charge in [0.05, 0.1) is 27.7 Å². The topological polar surface area (TPSA) is 111 Å². The Bertz CT molecular complexity index is 907. The second kappa shape index (κ2) is 35.5. The normalized spacial score (nSPS) is 13.7. The van der Waals surface area contributed by atoms with Crippen LogP contribution in [-0.2, 0) is 32.7 Å². The van der Waals surface area contributed by atoms with Crippen molar-refractivity contribution >= 4 is 19.8 Å². The standard InChI is InChI=1S/C42H82NO8P/c1-6-8-10-12-14-16-18-20-21-23-24-26-28-30-32-34-41(44)48-38-40(39-50-52(46,47)49-37-36-43(3,4)5)51-42(45)35-33-31-29-27-25-22-19-17-15-13-11-9-7-2/h21,23,40H,6-20,22,24-39H2,1-5H3/b23-21+/t40-/m1/s1. The predicted molar refractivity (Wildman–Crippen MR) is 213 cm³/mol. The van der Waals surface area contributed by atoms with E-state index in [2.05, 4.69) is 26.0 Å². The number of quaternary nitrogens is 1. The summed E-state index contributed by atoms with van der Waals surface area (Å²) >= 11 is 0. The Morgan fingerprint density at radius 2 is 0.981 bits per heavy atom. The van der Waals surface area contributed by atoms with Crippen molar-refractivity contribution in [2.75, 3.05) is 47.5 Å². The third-order valence-corrected chi connectivity index (χ3v) is 10.2. The van der Waals surface area contributed by atoms with Crippen LogP contribution >= 0.6 is 7.82 Å². The Morgan fingerprint density at radius 3 is 1.42 bits per heavy atom. The molecule has 0 heterocycles.